The summed E-state index contributed by atoms with van der Waals surface area (Å²) >= 11 is 0. The van der Waals surface area contributed by atoms with Crippen LogP contribution in [0.4, 0.5) is 0 Å². The van der Waals surface area contributed by atoms with Gasteiger partial charge in [-0.1, -0.05) is 34.6 Å². The Kier molecular flexibility index (Phi) is 20.7. The van der Waals surface area contributed by atoms with E-state index in [2.05, 4.69) is 12.2 Å². The number of nitrogens with one attached hydrogen (secondary N) is 1. The van der Waals surface area contributed by atoms with Crippen LogP contribution in [0.1, 0.15) is 34.6 Å². The Hall–Kier alpha value is -0.690. The topological polar surface area (TPSA) is 60.0 Å². The quantitative estimate of drug-likeness (QED) is 0.491. The molecule has 140 valence electrons. The first-order valence-corrected chi connectivity index (χ1v) is 8.78. The number of likely N-dealkylation sites (N-methyl/N-ethyl adjacent to an activating group) is 2. The number of carbonyl (C=O) groups is 1. The van der Waals surface area contributed by atoms with Gasteiger partial charge in [-0.25, -0.2) is 0 Å². The predicted octanol–water partition coefficient (Wildman–Crippen LogP) is 1.79. The number of hydrogen-bond donors (Lipinski definition) is 1. The van der Waals surface area contributed by atoms with E-state index in [1.165, 1.54) is 0 Å². The third-order valence-electron chi connectivity index (χ3n) is 2.86. The summed E-state index contributed by atoms with van der Waals surface area (Å²) in [6.07, 6.45) is 0. The van der Waals surface area contributed by atoms with Crippen molar-refractivity contribution in [1.82, 2.24) is 10.2 Å². The zero-order chi connectivity index (χ0) is 17.9. The van der Waals surface area contributed by atoms with Crippen molar-refractivity contribution in [3.63, 3.8) is 0 Å². The highest BCUT2D eigenvalue weighted by Gasteiger charge is 2.11. The molecule has 23 heavy (non-hydrogen) atoms. The minimum atomic E-state index is 0.0332. The van der Waals surface area contributed by atoms with Crippen molar-refractivity contribution in [2.24, 2.45) is 5.92 Å². The van der Waals surface area contributed by atoms with Crippen LogP contribution < -0.4 is 5.32 Å². The van der Waals surface area contributed by atoms with Gasteiger partial charge in [0.05, 0.1) is 39.6 Å². The predicted molar refractivity (Wildman–Crippen MR) is 94.8 cm³/mol. The summed E-state index contributed by atoms with van der Waals surface area (Å²) in [4.78, 5) is 13.3. The highest BCUT2D eigenvalue weighted by Crippen LogP contribution is 1.98. The van der Waals surface area contributed by atoms with E-state index in [1.807, 2.05) is 27.7 Å². The second kappa shape index (κ2) is 19.4. The van der Waals surface area contributed by atoms with Crippen molar-refractivity contribution < 1.29 is 19.0 Å². The second-order valence-corrected chi connectivity index (χ2v) is 5.11. The number of amides is 1. The molecule has 0 atom stereocenters. The third kappa shape index (κ3) is 17.5. The molecule has 0 bridgehead atoms. The molecule has 0 saturated carbocycles. The van der Waals surface area contributed by atoms with Crippen LogP contribution >= 0.6 is 0 Å². The van der Waals surface area contributed by atoms with Gasteiger partial charge in [0.1, 0.15) is 0 Å². The average molecular weight is 335 g/mol. The van der Waals surface area contributed by atoms with Gasteiger partial charge in [-0.3, -0.25) is 4.79 Å². The van der Waals surface area contributed by atoms with Crippen LogP contribution in [0.25, 0.3) is 0 Å². The lowest BCUT2D eigenvalue weighted by Gasteiger charge is -2.19. The molecule has 0 fully saturated rings. The van der Waals surface area contributed by atoms with Crippen LogP contribution in [0.5, 0.6) is 0 Å². The molecule has 0 heterocycles. The number of nitrogens with zero attached hydrogens (tertiary/aromatic N) is 1. The maximum absolute atomic E-state index is 11.6. The fraction of sp³-hybridized carbons (Fsp3) is 0.941. The minimum absolute atomic E-state index is 0.0332. The van der Waals surface area contributed by atoms with E-state index in [9.17, 15) is 4.79 Å². The van der Waals surface area contributed by atoms with Gasteiger partial charge in [0.25, 0.3) is 0 Å². The van der Waals surface area contributed by atoms with Crippen molar-refractivity contribution in [3.8, 4) is 0 Å². The van der Waals surface area contributed by atoms with E-state index >= 15 is 0 Å². The molecule has 0 unspecified atom stereocenters. The van der Waals surface area contributed by atoms with Gasteiger partial charge in [0.15, 0.2) is 0 Å². The molecule has 0 aliphatic heterocycles. The maximum Gasteiger partial charge on any atom is 0.224 e. The third-order valence-corrected chi connectivity index (χ3v) is 2.86. The molecule has 0 aromatic carbocycles. The lowest BCUT2D eigenvalue weighted by atomic mass is 10.2. The van der Waals surface area contributed by atoms with Gasteiger partial charge in [-0.05, 0) is 6.54 Å². The number of rotatable bonds is 14. The molecule has 6 nitrogen and oxygen atoms in total. The fourth-order valence-corrected chi connectivity index (χ4v) is 1.62. The fourth-order valence-electron chi connectivity index (χ4n) is 1.62. The van der Waals surface area contributed by atoms with Gasteiger partial charge in [-0.2, -0.15) is 0 Å². The van der Waals surface area contributed by atoms with Crippen LogP contribution in [0, 0.1) is 5.92 Å². The Labute approximate surface area is 142 Å². The van der Waals surface area contributed by atoms with Gasteiger partial charge in [-0.15, -0.1) is 0 Å². The Morgan fingerprint density at radius 2 is 1.43 bits per heavy atom. The molecule has 0 aromatic rings. The summed E-state index contributed by atoms with van der Waals surface area (Å²) in [5.74, 6) is 0.176. The molecule has 0 radical (unpaired) electrons. The zero-order valence-corrected chi connectivity index (χ0v) is 16.0. The van der Waals surface area contributed by atoms with Crippen molar-refractivity contribution in [2.45, 2.75) is 34.6 Å². The minimum Gasteiger partial charge on any atom is -0.378 e. The van der Waals surface area contributed by atoms with E-state index in [1.54, 1.807) is 11.9 Å². The Balaban J connectivity index is 0. The normalized spacial score (nSPS) is 10.4. The molecular formula is C17H38N2O4. The van der Waals surface area contributed by atoms with Gasteiger partial charge in [0.2, 0.25) is 5.91 Å². The first-order chi connectivity index (χ1) is 11.1. The number of hydrogen-bond acceptors (Lipinski definition) is 5. The molecule has 1 N–H and O–H groups in total. The number of ether oxygens (including phenoxy) is 3. The number of carbonyl (C=O) groups excluding carboxylic acids is 1. The van der Waals surface area contributed by atoms with Gasteiger partial charge < -0.3 is 24.4 Å². The van der Waals surface area contributed by atoms with Crippen LogP contribution in [-0.4, -0.2) is 77.1 Å². The summed E-state index contributed by atoms with van der Waals surface area (Å²) in [6.45, 7) is 15.9. The second-order valence-electron chi connectivity index (χ2n) is 5.11. The lowest BCUT2D eigenvalue weighted by Crippen LogP contribution is -2.33. The average Bonchev–Trinajstić information content (AvgIpc) is 2.56. The molecule has 0 spiro atoms. The summed E-state index contributed by atoms with van der Waals surface area (Å²) in [6, 6.07) is 0. The monoisotopic (exact) mass is 334 g/mol. The highest BCUT2D eigenvalue weighted by molar-refractivity contribution is 5.77. The SMILES string of the molecule is CC.CCNCCOCCOCCOCCN(C)C(=O)C(C)C. The van der Waals surface area contributed by atoms with E-state index in [0.717, 1.165) is 13.1 Å². The first kappa shape index (κ1) is 24.6. The standard InChI is InChI=1S/C15H32N2O4.C2H6/c1-5-16-6-8-19-10-12-21-13-11-20-9-7-17(4)15(18)14(2)3;1-2/h14,16H,5-13H2,1-4H3;1-2H3. The van der Waals surface area contributed by atoms with Crippen molar-refractivity contribution >= 4 is 5.91 Å². The lowest BCUT2D eigenvalue weighted by molar-refractivity contribution is -0.133. The molecular weight excluding hydrogens is 296 g/mol. The zero-order valence-electron chi connectivity index (χ0n) is 16.0. The summed E-state index contributed by atoms with van der Waals surface area (Å²) in [5, 5.41) is 3.18. The Bertz CT molecular complexity index is 251. The largest absolute Gasteiger partial charge is 0.378 e. The summed E-state index contributed by atoms with van der Waals surface area (Å²) in [5.41, 5.74) is 0. The van der Waals surface area contributed by atoms with Gasteiger partial charge >= 0.3 is 0 Å². The Morgan fingerprint density at radius 3 is 1.91 bits per heavy atom. The first-order valence-electron chi connectivity index (χ1n) is 8.78. The maximum atomic E-state index is 11.6. The van der Waals surface area contributed by atoms with Crippen LogP contribution in [0.3, 0.4) is 0 Å². The van der Waals surface area contributed by atoms with Crippen LogP contribution in [-0.2, 0) is 19.0 Å². The van der Waals surface area contributed by atoms with Crippen molar-refractivity contribution in [1.29, 1.82) is 0 Å². The highest BCUT2D eigenvalue weighted by atomic mass is 16.5. The van der Waals surface area contributed by atoms with Gasteiger partial charge in [0, 0.05) is 26.1 Å². The summed E-state index contributed by atoms with van der Waals surface area (Å²) in [7, 11) is 1.80. The molecule has 6 heteroatoms. The smallest absolute Gasteiger partial charge is 0.224 e. The van der Waals surface area contributed by atoms with E-state index in [4.69, 9.17) is 14.2 Å². The molecule has 0 aromatic heterocycles. The van der Waals surface area contributed by atoms with E-state index < -0.39 is 0 Å². The van der Waals surface area contributed by atoms with Crippen molar-refractivity contribution in [3.05, 3.63) is 0 Å². The van der Waals surface area contributed by atoms with Crippen molar-refractivity contribution in [2.75, 3.05) is 66.3 Å². The molecule has 0 aliphatic rings. The Morgan fingerprint density at radius 1 is 0.957 bits per heavy atom. The molecule has 0 rings (SSSR count). The summed E-state index contributed by atoms with van der Waals surface area (Å²) < 4.78 is 16.2. The van der Waals surface area contributed by atoms with Crippen LogP contribution in [0.2, 0.25) is 0 Å². The van der Waals surface area contributed by atoms with Crippen LogP contribution in [0.15, 0.2) is 0 Å². The molecule has 0 aliphatic carbocycles. The van der Waals surface area contributed by atoms with E-state index in [-0.39, 0.29) is 11.8 Å². The van der Waals surface area contributed by atoms with E-state index in [0.29, 0.717) is 46.2 Å². The molecule has 0 saturated heterocycles. The molecule has 1 amide bonds.